The van der Waals surface area contributed by atoms with Gasteiger partial charge in [0, 0.05) is 12.6 Å². The third kappa shape index (κ3) is 5.23. The lowest BCUT2D eigenvalue weighted by molar-refractivity contribution is 0.207. The lowest BCUT2D eigenvalue weighted by Gasteiger charge is -2.19. The normalized spacial score (nSPS) is 12.8. The molecule has 1 aromatic carbocycles. The average Bonchev–Trinajstić information content (AvgIpc) is 2.31. The largest absolute Gasteiger partial charge is 0.490 e. The minimum absolute atomic E-state index is 0.294. The highest BCUT2D eigenvalue weighted by Crippen LogP contribution is 2.26. The zero-order chi connectivity index (χ0) is 14.4. The first kappa shape index (κ1) is 16.0. The van der Waals surface area contributed by atoms with Crippen molar-refractivity contribution in [1.82, 2.24) is 5.32 Å². The molecule has 0 bridgehead atoms. The topological polar surface area (TPSA) is 21.3 Å². The third-order valence-corrected chi connectivity index (χ3v) is 3.25. The Balaban J connectivity index is 2.79. The van der Waals surface area contributed by atoms with E-state index in [4.69, 9.17) is 4.74 Å². The number of benzene rings is 1. The quantitative estimate of drug-likeness (QED) is 0.788. The Morgan fingerprint density at radius 3 is 2.16 bits per heavy atom. The summed E-state index contributed by atoms with van der Waals surface area (Å²) in [7, 11) is 0. The fourth-order valence-electron chi connectivity index (χ4n) is 2.32. The molecule has 1 atom stereocenters. The van der Waals surface area contributed by atoms with E-state index < -0.39 is 0 Å². The van der Waals surface area contributed by atoms with Crippen molar-refractivity contribution >= 4 is 0 Å². The first-order chi connectivity index (χ1) is 8.93. The smallest absolute Gasteiger partial charge is 0.125 e. The number of hydrogen-bond acceptors (Lipinski definition) is 2. The number of ether oxygens (including phenoxy) is 1. The predicted molar refractivity (Wildman–Crippen MR) is 82.9 cm³/mol. The lowest BCUT2D eigenvalue weighted by atomic mass is 10.0. The second-order valence-electron chi connectivity index (χ2n) is 5.81. The monoisotopic (exact) mass is 263 g/mol. The highest BCUT2D eigenvalue weighted by atomic mass is 16.5. The predicted octanol–water partition coefficient (Wildman–Crippen LogP) is 4.37. The molecule has 0 aliphatic carbocycles. The molecule has 1 N–H and O–H groups in total. The molecule has 0 fully saturated rings. The summed E-state index contributed by atoms with van der Waals surface area (Å²) >= 11 is 0. The summed E-state index contributed by atoms with van der Waals surface area (Å²) < 4.78 is 6.08. The zero-order valence-electron chi connectivity index (χ0n) is 13.3. The van der Waals surface area contributed by atoms with Crippen LogP contribution < -0.4 is 10.1 Å². The molecule has 0 aromatic heterocycles. The molecule has 19 heavy (non-hydrogen) atoms. The summed E-state index contributed by atoms with van der Waals surface area (Å²) in [6.07, 6.45) is 2.56. The van der Waals surface area contributed by atoms with Gasteiger partial charge < -0.3 is 10.1 Å². The van der Waals surface area contributed by atoms with Crippen molar-refractivity contribution in [2.45, 2.75) is 73.1 Å². The molecule has 108 valence electrons. The van der Waals surface area contributed by atoms with Crippen LogP contribution in [-0.4, -0.2) is 12.1 Å². The van der Waals surface area contributed by atoms with Crippen molar-refractivity contribution in [2.75, 3.05) is 0 Å². The number of hydrogen-bond donors (Lipinski definition) is 1. The standard InChI is InChI=1S/C17H29NO/c1-7-8-15(6)19-17-13(4)9-16(10-14(17)5)11-18-12(2)3/h9-10,12,15,18H,7-8,11H2,1-6H3. The summed E-state index contributed by atoms with van der Waals surface area (Å²) in [5.74, 6) is 1.06. The molecule has 0 spiro atoms. The van der Waals surface area contributed by atoms with Gasteiger partial charge >= 0.3 is 0 Å². The molecule has 1 rings (SSSR count). The molecule has 2 heteroatoms. The maximum absolute atomic E-state index is 6.08. The van der Waals surface area contributed by atoms with E-state index in [2.05, 4.69) is 59.0 Å². The molecule has 0 heterocycles. The van der Waals surface area contributed by atoms with Crippen LogP contribution >= 0.6 is 0 Å². The van der Waals surface area contributed by atoms with Gasteiger partial charge in [0.1, 0.15) is 5.75 Å². The molecule has 1 aromatic rings. The summed E-state index contributed by atoms with van der Waals surface area (Å²) in [5.41, 5.74) is 3.81. The van der Waals surface area contributed by atoms with Crippen LogP contribution in [0.4, 0.5) is 0 Å². The molecule has 0 radical (unpaired) electrons. The van der Waals surface area contributed by atoms with Crippen molar-refractivity contribution in [2.24, 2.45) is 0 Å². The maximum Gasteiger partial charge on any atom is 0.125 e. The minimum atomic E-state index is 0.294. The van der Waals surface area contributed by atoms with Crippen molar-refractivity contribution < 1.29 is 4.74 Å². The van der Waals surface area contributed by atoms with E-state index >= 15 is 0 Å². The van der Waals surface area contributed by atoms with E-state index in [-0.39, 0.29) is 0 Å². The van der Waals surface area contributed by atoms with Crippen LogP contribution in [0.15, 0.2) is 12.1 Å². The molecule has 1 unspecified atom stereocenters. The second-order valence-corrected chi connectivity index (χ2v) is 5.81. The Labute approximate surface area is 118 Å². The Hall–Kier alpha value is -1.02. The first-order valence-electron chi connectivity index (χ1n) is 7.44. The molecule has 0 amide bonds. The van der Waals surface area contributed by atoms with E-state index in [1.165, 1.54) is 16.7 Å². The molecule has 0 aliphatic rings. The molecular weight excluding hydrogens is 234 g/mol. The van der Waals surface area contributed by atoms with E-state index in [0.29, 0.717) is 12.1 Å². The van der Waals surface area contributed by atoms with Crippen LogP contribution in [0.1, 0.15) is 57.2 Å². The Kier molecular flexibility index (Phi) is 6.36. The van der Waals surface area contributed by atoms with Gasteiger partial charge in [-0.05, 0) is 43.9 Å². The Morgan fingerprint density at radius 2 is 1.68 bits per heavy atom. The fraction of sp³-hybridized carbons (Fsp3) is 0.647. The molecule has 0 saturated heterocycles. The number of aryl methyl sites for hydroxylation is 2. The van der Waals surface area contributed by atoms with Gasteiger partial charge in [-0.25, -0.2) is 0 Å². The van der Waals surface area contributed by atoms with Gasteiger partial charge in [0.2, 0.25) is 0 Å². The van der Waals surface area contributed by atoms with E-state index in [9.17, 15) is 0 Å². The third-order valence-electron chi connectivity index (χ3n) is 3.25. The molecule has 2 nitrogen and oxygen atoms in total. The SMILES string of the molecule is CCCC(C)Oc1c(C)cc(CNC(C)C)cc1C. The van der Waals surface area contributed by atoms with Crippen molar-refractivity contribution in [3.8, 4) is 5.75 Å². The highest BCUT2D eigenvalue weighted by Gasteiger charge is 2.10. The summed E-state index contributed by atoms with van der Waals surface area (Å²) in [5, 5.41) is 3.46. The second kappa shape index (κ2) is 7.54. The maximum atomic E-state index is 6.08. The zero-order valence-corrected chi connectivity index (χ0v) is 13.3. The number of rotatable bonds is 7. The van der Waals surface area contributed by atoms with Crippen LogP contribution in [0.2, 0.25) is 0 Å². The Bertz CT molecular complexity index is 375. The van der Waals surface area contributed by atoms with Gasteiger partial charge in [-0.15, -0.1) is 0 Å². The van der Waals surface area contributed by atoms with Gasteiger partial charge in [0.15, 0.2) is 0 Å². The molecule has 0 saturated carbocycles. The van der Waals surface area contributed by atoms with Crippen LogP contribution in [-0.2, 0) is 6.54 Å². The van der Waals surface area contributed by atoms with Crippen molar-refractivity contribution in [1.29, 1.82) is 0 Å². The fourth-order valence-corrected chi connectivity index (χ4v) is 2.32. The summed E-state index contributed by atoms with van der Waals surface area (Å²) in [6.45, 7) is 13.9. The van der Waals surface area contributed by atoms with E-state index in [0.717, 1.165) is 25.1 Å². The summed E-state index contributed by atoms with van der Waals surface area (Å²) in [4.78, 5) is 0. The van der Waals surface area contributed by atoms with Gasteiger partial charge in [0.05, 0.1) is 6.10 Å². The van der Waals surface area contributed by atoms with Crippen molar-refractivity contribution in [3.05, 3.63) is 28.8 Å². The van der Waals surface area contributed by atoms with Gasteiger partial charge in [0.25, 0.3) is 0 Å². The van der Waals surface area contributed by atoms with Crippen LogP contribution in [0.3, 0.4) is 0 Å². The van der Waals surface area contributed by atoms with Gasteiger partial charge in [-0.3, -0.25) is 0 Å². The highest BCUT2D eigenvalue weighted by molar-refractivity contribution is 5.43. The Morgan fingerprint density at radius 1 is 1.11 bits per heavy atom. The molecular formula is C17H29NO. The number of nitrogens with one attached hydrogen (secondary N) is 1. The average molecular weight is 263 g/mol. The summed E-state index contributed by atoms with van der Waals surface area (Å²) in [6, 6.07) is 4.98. The molecule has 0 aliphatic heterocycles. The van der Waals surface area contributed by atoms with Crippen molar-refractivity contribution in [3.63, 3.8) is 0 Å². The lowest BCUT2D eigenvalue weighted by Crippen LogP contribution is -2.22. The first-order valence-corrected chi connectivity index (χ1v) is 7.44. The van der Waals surface area contributed by atoms with E-state index in [1.54, 1.807) is 0 Å². The van der Waals surface area contributed by atoms with Gasteiger partial charge in [-0.2, -0.15) is 0 Å². The van der Waals surface area contributed by atoms with Crippen LogP contribution in [0.25, 0.3) is 0 Å². The van der Waals surface area contributed by atoms with Crippen LogP contribution in [0, 0.1) is 13.8 Å². The van der Waals surface area contributed by atoms with Gasteiger partial charge in [-0.1, -0.05) is 39.3 Å². The van der Waals surface area contributed by atoms with Crippen LogP contribution in [0.5, 0.6) is 5.75 Å². The van der Waals surface area contributed by atoms with E-state index in [1.807, 2.05) is 0 Å². The minimum Gasteiger partial charge on any atom is -0.490 e.